The summed E-state index contributed by atoms with van der Waals surface area (Å²) in [7, 11) is -3.55. The number of carbonyl (C=O) groups excluding carboxylic acids is 1. The van der Waals surface area contributed by atoms with Gasteiger partial charge in [-0.3, -0.25) is 4.79 Å². The molecule has 2 aliphatic rings. The van der Waals surface area contributed by atoms with Crippen LogP contribution < -0.4 is 5.43 Å². The van der Waals surface area contributed by atoms with Gasteiger partial charge in [0.1, 0.15) is 0 Å². The van der Waals surface area contributed by atoms with E-state index in [0.29, 0.717) is 18.7 Å². The monoisotopic (exact) mass is 361 g/mol. The van der Waals surface area contributed by atoms with Crippen LogP contribution in [0, 0.1) is 0 Å². The van der Waals surface area contributed by atoms with E-state index < -0.39 is 15.9 Å². The van der Waals surface area contributed by atoms with E-state index in [1.165, 1.54) is 22.0 Å². The molecule has 0 bridgehead atoms. The smallest absolute Gasteiger partial charge is 0.267 e. The number of rotatable bonds is 4. The fourth-order valence-corrected chi connectivity index (χ4v) is 4.64. The van der Waals surface area contributed by atoms with Crippen molar-refractivity contribution >= 4 is 21.6 Å². The Kier molecular flexibility index (Phi) is 5.34. The molecule has 0 aromatic heterocycles. The van der Waals surface area contributed by atoms with Crippen molar-refractivity contribution in [3.8, 4) is 0 Å². The van der Waals surface area contributed by atoms with Crippen LogP contribution in [0.2, 0.25) is 0 Å². The summed E-state index contributed by atoms with van der Waals surface area (Å²) >= 11 is 0. The number of sulfonamides is 1. The second-order valence-corrected chi connectivity index (χ2v) is 8.47. The van der Waals surface area contributed by atoms with Crippen LogP contribution in [-0.2, 0) is 10.0 Å². The number of carbonyl (C=O) groups is 1. The molecule has 6 nitrogen and oxygen atoms in total. The molecule has 0 spiro atoms. The van der Waals surface area contributed by atoms with Gasteiger partial charge in [0.25, 0.3) is 5.91 Å². The minimum Gasteiger partial charge on any atom is -0.267 e. The number of benzene rings is 1. The summed E-state index contributed by atoms with van der Waals surface area (Å²) in [5.41, 5.74) is 4.88. The lowest BCUT2D eigenvalue weighted by Crippen LogP contribution is -2.35. The highest BCUT2D eigenvalue weighted by Gasteiger charge is 2.26. The summed E-state index contributed by atoms with van der Waals surface area (Å²) in [6.07, 6.45) is 6.54. The van der Waals surface area contributed by atoms with E-state index >= 15 is 0 Å². The van der Waals surface area contributed by atoms with Gasteiger partial charge in [0.2, 0.25) is 10.0 Å². The van der Waals surface area contributed by atoms with Crippen molar-refractivity contribution in [2.45, 2.75) is 43.9 Å². The molecule has 0 atom stereocenters. The largest absolute Gasteiger partial charge is 0.271 e. The maximum Gasteiger partial charge on any atom is 0.271 e. The second-order valence-electron chi connectivity index (χ2n) is 6.53. The van der Waals surface area contributed by atoms with Crippen molar-refractivity contribution in [1.29, 1.82) is 0 Å². The normalized spacial score (nSPS) is 20.5. The standard InChI is InChI=1S/C18H23N3O3S/c1-14-8-9-16(12-14)19-20-18(22)15-6-5-7-17(13-15)25(23,24)21-10-3-2-4-11-21/h5-7,12-13H,2-4,8-11H2,1H3,(H,20,22). The molecule has 1 fully saturated rings. The minimum atomic E-state index is -3.55. The molecule has 0 saturated carbocycles. The maximum atomic E-state index is 12.7. The molecule has 25 heavy (non-hydrogen) atoms. The van der Waals surface area contributed by atoms with Gasteiger partial charge in [-0.2, -0.15) is 9.41 Å². The topological polar surface area (TPSA) is 78.8 Å². The zero-order valence-electron chi connectivity index (χ0n) is 14.4. The van der Waals surface area contributed by atoms with Crippen LogP contribution in [0.15, 0.2) is 45.9 Å². The van der Waals surface area contributed by atoms with E-state index in [1.807, 2.05) is 13.0 Å². The van der Waals surface area contributed by atoms with Gasteiger partial charge in [0.05, 0.1) is 10.6 Å². The Morgan fingerprint density at radius 3 is 2.60 bits per heavy atom. The third-order valence-electron chi connectivity index (χ3n) is 4.54. The third-order valence-corrected chi connectivity index (χ3v) is 6.43. The van der Waals surface area contributed by atoms with Gasteiger partial charge >= 0.3 is 0 Å². The average molecular weight is 361 g/mol. The zero-order chi connectivity index (χ0) is 17.9. The summed E-state index contributed by atoms with van der Waals surface area (Å²) in [5, 5.41) is 4.11. The number of hydrazone groups is 1. The van der Waals surface area contributed by atoms with Crippen LogP contribution in [0.25, 0.3) is 0 Å². The summed E-state index contributed by atoms with van der Waals surface area (Å²) < 4.78 is 26.9. The van der Waals surface area contributed by atoms with E-state index in [-0.39, 0.29) is 4.90 Å². The van der Waals surface area contributed by atoms with Crippen molar-refractivity contribution < 1.29 is 13.2 Å². The number of hydrogen-bond donors (Lipinski definition) is 1. The first-order valence-electron chi connectivity index (χ1n) is 8.61. The van der Waals surface area contributed by atoms with Crippen LogP contribution in [0.4, 0.5) is 0 Å². The van der Waals surface area contributed by atoms with Crippen molar-refractivity contribution in [2.75, 3.05) is 13.1 Å². The SMILES string of the molecule is CC1=CC(=NNC(=O)c2cccc(S(=O)(=O)N3CCCCC3)c2)CC1. The van der Waals surface area contributed by atoms with Crippen molar-refractivity contribution in [2.24, 2.45) is 5.10 Å². The lowest BCUT2D eigenvalue weighted by molar-refractivity contribution is 0.0954. The van der Waals surface area contributed by atoms with E-state index in [4.69, 9.17) is 0 Å². The van der Waals surface area contributed by atoms with Crippen molar-refractivity contribution in [1.82, 2.24) is 9.73 Å². The molecule has 0 radical (unpaired) electrons. The second kappa shape index (κ2) is 7.49. The first-order chi connectivity index (χ1) is 12.0. The molecular formula is C18H23N3O3S. The van der Waals surface area contributed by atoms with Gasteiger partial charge in [-0.1, -0.05) is 18.1 Å². The number of nitrogens with zero attached hydrogens (tertiary/aromatic N) is 2. The Balaban J connectivity index is 1.75. The van der Waals surface area contributed by atoms with Crippen molar-refractivity contribution in [3.63, 3.8) is 0 Å². The molecule has 1 aromatic rings. The number of nitrogens with one attached hydrogen (secondary N) is 1. The van der Waals surface area contributed by atoms with Gasteiger partial charge < -0.3 is 0 Å². The van der Waals surface area contributed by atoms with Crippen molar-refractivity contribution in [3.05, 3.63) is 41.5 Å². The molecular weight excluding hydrogens is 338 g/mol. The summed E-state index contributed by atoms with van der Waals surface area (Å²) in [6, 6.07) is 6.16. The number of piperidine rings is 1. The Bertz CT molecular complexity index is 822. The minimum absolute atomic E-state index is 0.159. The molecule has 1 aliphatic carbocycles. The molecule has 0 unspecified atom stereocenters. The highest BCUT2D eigenvalue weighted by molar-refractivity contribution is 7.89. The van der Waals surface area contributed by atoms with Gasteiger partial charge in [-0.05, 0) is 56.9 Å². The molecule has 7 heteroatoms. The Morgan fingerprint density at radius 2 is 1.92 bits per heavy atom. The Labute approximate surface area is 148 Å². The van der Waals surface area contributed by atoms with Crippen LogP contribution in [0.3, 0.4) is 0 Å². The summed E-state index contributed by atoms with van der Waals surface area (Å²) in [6.45, 7) is 3.11. The highest BCUT2D eigenvalue weighted by atomic mass is 32.2. The Morgan fingerprint density at radius 1 is 1.16 bits per heavy atom. The predicted molar refractivity (Wildman–Crippen MR) is 96.9 cm³/mol. The quantitative estimate of drug-likeness (QED) is 0.838. The lowest BCUT2D eigenvalue weighted by atomic mass is 10.2. The van der Waals surface area contributed by atoms with Gasteiger partial charge in [0, 0.05) is 18.7 Å². The fourth-order valence-electron chi connectivity index (χ4n) is 3.08. The molecule has 1 aliphatic heterocycles. The summed E-state index contributed by atoms with van der Waals surface area (Å²) in [4.78, 5) is 12.4. The summed E-state index contributed by atoms with van der Waals surface area (Å²) in [5.74, 6) is -0.402. The highest BCUT2D eigenvalue weighted by Crippen LogP contribution is 2.21. The van der Waals surface area contributed by atoms with E-state index in [2.05, 4.69) is 10.5 Å². The fraction of sp³-hybridized carbons (Fsp3) is 0.444. The predicted octanol–water partition coefficient (Wildman–Crippen LogP) is 2.69. The number of amides is 1. The number of allylic oxidation sites excluding steroid dienone is 2. The van der Waals surface area contributed by atoms with Gasteiger partial charge in [-0.15, -0.1) is 0 Å². The van der Waals surface area contributed by atoms with E-state index in [9.17, 15) is 13.2 Å². The third kappa shape index (κ3) is 4.16. The first kappa shape index (κ1) is 17.8. The maximum absolute atomic E-state index is 12.7. The van der Waals surface area contributed by atoms with Gasteiger partial charge in [0.15, 0.2) is 0 Å². The molecule has 1 saturated heterocycles. The van der Waals surface area contributed by atoms with Crippen LogP contribution >= 0.6 is 0 Å². The van der Waals surface area contributed by atoms with Crippen LogP contribution in [0.1, 0.15) is 49.4 Å². The number of hydrogen-bond acceptors (Lipinski definition) is 4. The average Bonchev–Trinajstić information content (AvgIpc) is 3.06. The molecule has 3 rings (SSSR count). The van der Waals surface area contributed by atoms with Crippen LogP contribution in [0.5, 0.6) is 0 Å². The van der Waals surface area contributed by atoms with E-state index in [0.717, 1.165) is 37.8 Å². The molecule has 134 valence electrons. The Hall–Kier alpha value is -1.99. The lowest BCUT2D eigenvalue weighted by Gasteiger charge is -2.25. The zero-order valence-corrected chi connectivity index (χ0v) is 15.2. The van der Waals surface area contributed by atoms with E-state index in [1.54, 1.807) is 12.1 Å². The molecule has 1 N–H and O–H groups in total. The first-order valence-corrected chi connectivity index (χ1v) is 10.0. The van der Waals surface area contributed by atoms with Gasteiger partial charge in [-0.25, -0.2) is 13.8 Å². The molecule has 1 aromatic carbocycles. The van der Waals surface area contributed by atoms with Crippen LogP contribution in [-0.4, -0.2) is 37.4 Å². The molecule has 1 amide bonds. The molecule has 1 heterocycles.